The molecule has 0 aromatic heterocycles. The molecule has 21 heavy (non-hydrogen) atoms. The number of non-ortho nitro benzene ring substituents is 1. The lowest BCUT2D eigenvalue weighted by atomic mass is 10.1. The van der Waals surface area contributed by atoms with Crippen LogP contribution in [-0.4, -0.2) is 12.0 Å². The van der Waals surface area contributed by atoms with E-state index in [0.717, 1.165) is 17.0 Å². The summed E-state index contributed by atoms with van der Waals surface area (Å²) in [5.74, 6) is 0.801. The third-order valence-corrected chi connectivity index (χ3v) is 3.80. The molecular weight excluding hydrogens is 336 g/mol. The Morgan fingerprint density at radius 3 is 2.62 bits per heavy atom. The van der Waals surface area contributed by atoms with Crippen molar-refractivity contribution < 1.29 is 9.66 Å². The Balaban J connectivity index is 2.23. The summed E-state index contributed by atoms with van der Waals surface area (Å²) in [6, 6.07) is 12.4. The molecule has 0 saturated carbocycles. The number of para-hydroxylation sites is 1. The van der Waals surface area contributed by atoms with Crippen LogP contribution >= 0.6 is 15.9 Å². The van der Waals surface area contributed by atoms with Crippen molar-refractivity contribution in [2.75, 3.05) is 12.4 Å². The molecule has 2 aromatic carbocycles. The summed E-state index contributed by atoms with van der Waals surface area (Å²) in [5.41, 5.74) is 1.86. The van der Waals surface area contributed by atoms with E-state index in [4.69, 9.17) is 4.74 Å². The molecule has 0 aliphatic heterocycles. The fraction of sp³-hybridized carbons (Fsp3) is 0.200. The van der Waals surface area contributed by atoms with Gasteiger partial charge < -0.3 is 10.1 Å². The van der Waals surface area contributed by atoms with E-state index in [1.165, 1.54) is 12.1 Å². The fourth-order valence-electron chi connectivity index (χ4n) is 2.07. The number of rotatable bonds is 5. The second-order valence-corrected chi connectivity index (χ2v) is 5.38. The van der Waals surface area contributed by atoms with E-state index < -0.39 is 4.92 Å². The number of halogens is 1. The summed E-state index contributed by atoms with van der Waals surface area (Å²) in [5, 5.41) is 14.1. The van der Waals surface area contributed by atoms with Gasteiger partial charge in [0.05, 0.1) is 18.1 Å². The number of benzene rings is 2. The van der Waals surface area contributed by atoms with E-state index in [1.807, 2.05) is 31.2 Å². The Morgan fingerprint density at radius 2 is 2.00 bits per heavy atom. The molecule has 0 bridgehead atoms. The molecule has 0 fully saturated rings. The smallest absolute Gasteiger partial charge is 0.270 e. The summed E-state index contributed by atoms with van der Waals surface area (Å²) in [6.07, 6.45) is 0. The van der Waals surface area contributed by atoms with Gasteiger partial charge in [-0.1, -0.05) is 18.2 Å². The lowest BCUT2D eigenvalue weighted by Crippen LogP contribution is -2.08. The van der Waals surface area contributed by atoms with Gasteiger partial charge in [-0.15, -0.1) is 0 Å². The number of nitrogens with zero attached hydrogens (tertiary/aromatic N) is 1. The highest BCUT2D eigenvalue weighted by Crippen LogP contribution is 2.32. The zero-order chi connectivity index (χ0) is 15.4. The minimum absolute atomic E-state index is 0.00101. The van der Waals surface area contributed by atoms with Crippen LogP contribution in [0.2, 0.25) is 0 Å². The summed E-state index contributed by atoms with van der Waals surface area (Å²) >= 11 is 3.35. The van der Waals surface area contributed by atoms with E-state index in [1.54, 1.807) is 13.2 Å². The Morgan fingerprint density at radius 1 is 1.29 bits per heavy atom. The van der Waals surface area contributed by atoms with Crippen molar-refractivity contribution in [3.8, 4) is 5.75 Å². The van der Waals surface area contributed by atoms with Gasteiger partial charge in [-0.3, -0.25) is 10.1 Å². The first-order valence-corrected chi connectivity index (χ1v) is 7.15. The summed E-state index contributed by atoms with van der Waals surface area (Å²) in [4.78, 5) is 10.3. The van der Waals surface area contributed by atoms with Gasteiger partial charge in [0, 0.05) is 27.9 Å². The molecule has 1 unspecified atom stereocenters. The van der Waals surface area contributed by atoms with Gasteiger partial charge in [0.2, 0.25) is 0 Å². The predicted molar refractivity (Wildman–Crippen MR) is 85.8 cm³/mol. The van der Waals surface area contributed by atoms with Crippen molar-refractivity contribution in [1.82, 2.24) is 0 Å². The Kier molecular flexibility index (Phi) is 4.80. The van der Waals surface area contributed by atoms with Crippen LogP contribution in [0.15, 0.2) is 46.9 Å². The van der Waals surface area contributed by atoms with Crippen molar-refractivity contribution in [2.45, 2.75) is 13.0 Å². The average Bonchev–Trinajstić information content (AvgIpc) is 2.48. The molecule has 2 rings (SSSR count). The highest BCUT2D eigenvalue weighted by atomic mass is 79.9. The molecule has 0 radical (unpaired) electrons. The number of hydrogen-bond acceptors (Lipinski definition) is 4. The molecule has 1 N–H and O–H groups in total. The van der Waals surface area contributed by atoms with E-state index in [0.29, 0.717) is 4.47 Å². The van der Waals surface area contributed by atoms with Crippen molar-refractivity contribution in [2.24, 2.45) is 0 Å². The molecule has 0 amide bonds. The second-order valence-electron chi connectivity index (χ2n) is 4.53. The second kappa shape index (κ2) is 6.58. The molecule has 0 aliphatic carbocycles. The van der Waals surface area contributed by atoms with Crippen molar-refractivity contribution in [3.05, 3.63) is 62.6 Å². The maximum absolute atomic E-state index is 10.7. The Labute approximate surface area is 131 Å². The van der Waals surface area contributed by atoms with Gasteiger partial charge in [-0.25, -0.2) is 0 Å². The minimum Gasteiger partial charge on any atom is -0.496 e. The SMILES string of the molecule is COc1ccccc1C(C)Nc1ccc([N+](=O)[O-])cc1Br. The van der Waals surface area contributed by atoms with E-state index in [2.05, 4.69) is 21.2 Å². The number of nitrogens with one attached hydrogen (secondary N) is 1. The average molecular weight is 351 g/mol. The highest BCUT2D eigenvalue weighted by Gasteiger charge is 2.14. The molecule has 2 aromatic rings. The van der Waals surface area contributed by atoms with E-state index >= 15 is 0 Å². The van der Waals surface area contributed by atoms with Gasteiger partial charge >= 0.3 is 0 Å². The predicted octanol–water partition coefficient (Wildman–Crippen LogP) is 4.54. The van der Waals surface area contributed by atoms with Gasteiger partial charge in [0.25, 0.3) is 5.69 Å². The standard InChI is InChI=1S/C15H15BrN2O3/c1-10(12-5-3-4-6-15(12)21-2)17-14-8-7-11(18(19)20)9-13(14)16/h3-10,17H,1-2H3. The van der Waals surface area contributed by atoms with Gasteiger partial charge in [0.1, 0.15) is 5.75 Å². The molecule has 0 aliphatic rings. The van der Waals surface area contributed by atoms with Crippen LogP contribution < -0.4 is 10.1 Å². The maximum atomic E-state index is 10.7. The first-order valence-electron chi connectivity index (χ1n) is 6.36. The number of hydrogen-bond donors (Lipinski definition) is 1. The summed E-state index contributed by atoms with van der Waals surface area (Å²) in [7, 11) is 1.63. The zero-order valence-corrected chi connectivity index (χ0v) is 13.3. The summed E-state index contributed by atoms with van der Waals surface area (Å²) in [6.45, 7) is 2.01. The van der Waals surface area contributed by atoms with E-state index in [9.17, 15) is 10.1 Å². The van der Waals surface area contributed by atoms with Crippen molar-refractivity contribution >= 4 is 27.3 Å². The zero-order valence-electron chi connectivity index (χ0n) is 11.7. The lowest BCUT2D eigenvalue weighted by molar-refractivity contribution is -0.384. The molecule has 5 nitrogen and oxygen atoms in total. The molecule has 1 atom stereocenters. The third kappa shape index (κ3) is 3.52. The minimum atomic E-state index is -0.418. The number of methoxy groups -OCH3 is 1. The highest BCUT2D eigenvalue weighted by molar-refractivity contribution is 9.10. The van der Waals surface area contributed by atoms with Crippen LogP contribution in [0.5, 0.6) is 5.75 Å². The fourth-order valence-corrected chi connectivity index (χ4v) is 2.55. The van der Waals surface area contributed by atoms with E-state index in [-0.39, 0.29) is 11.7 Å². The maximum Gasteiger partial charge on any atom is 0.270 e. The lowest BCUT2D eigenvalue weighted by Gasteiger charge is -2.19. The van der Waals surface area contributed by atoms with Crippen molar-refractivity contribution in [3.63, 3.8) is 0 Å². The topological polar surface area (TPSA) is 64.4 Å². The van der Waals surface area contributed by atoms with Gasteiger partial charge in [-0.05, 0) is 35.0 Å². The third-order valence-electron chi connectivity index (χ3n) is 3.14. The van der Waals surface area contributed by atoms with Crippen molar-refractivity contribution in [1.29, 1.82) is 0 Å². The molecule has 6 heteroatoms. The Bertz CT molecular complexity index is 661. The molecule has 110 valence electrons. The number of nitro groups is 1. The molecule has 0 saturated heterocycles. The molecular formula is C15H15BrN2O3. The van der Waals surface area contributed by atoms with Gasteiger partial charge in [-0.2, -0.15) is 0 Å². The van der Waals surface area contributed by atoms with Crippen LogP contribution in [0.25, 0.3) is 0 Å². The van der Waals surface area contributed by atoms with Crippen LogP contribution in [-0.2, 0) is 0 Å². The quantitative estimate of drug-likeness (QED) is 0.635. The number of ether oxygens (including phenoxy) is 1. The molecule has 0 heterocycles. The first-order chi connectivity index (χ1) is 10.0. The largest absolute Gasteiger partial charge is 0.496 e. The first kappa shape index (κ1) is 15.3. The van der Waals surface area contributed by atoms with Crippen LogP contribution in [0.3, 0.4) is 0 Å². The Hall–Kier alpha value is -2.08. The normalized spacial score (nSPS) is 11.8. The number of nitro benzene ring substituents is 1. The van der Waals surface area contributed by atoms with Crippen LogP contribution in [0.1, 0.15) is 18.5 Å². The van der Waals surface area contributed by atoms with Crippen LogP contribution in [0.4, 0.5) is 11.4 Å². The number of anilines is 1. The molecule has 0 spiro atoms. The summed E-state index contributed by atoms with van der Waals surface area (Å²) < 4.78 is 6.00. The monoisotopic (exact) mass is 350 g/mol. The van der Waals surface area contributed by atoms with Crippen LogP contribution in [0, 0.1) is 10.1 Å². The van der Waals surface area contributed by atoms with Gasteiger partial charge in [0.15, 0.2) is 0 Å².